The standard InChI is InChI=1S/C21H23ClFN5/c22-19-7-1-2-8-20(19)27-13-11-26(12-14-27)9-4-10-28-21(16-24-25-28)17-5-3-6-18(23)15-17/h1-3,5-8,15-16H,4,9-14H2. The lowest BCUT2D eigenvalue weighted by Gasteiger charge is -2.36. The van der Waals surface area contributed by atoms with E-state index in [0.717, 1.165) is 67.7 Å². The van der Waals surface area contributed by atoms with E-state index in [-0.39, 0.29) is 5.82 Å². The number of aromatic nitrogens is 3. The fraction of sp³-hybridized carbons (Fsp3) is 0.333. The van der Waals surface area contributed by atoms with Gasteiger partial charge in [0.1, 0.15) is 5.82 Å². The fourth-order valence-electron chi connectivity index (χ4n) is 3.66. The van der Waals surface area contributed by atoms with Gasteiger partial charge < -0.3 is 4.90 Å². The highest BCUT2D eigenvalue weighted by Gasteiger charge is 2.18. The molecule has 2 aromatic carbocycles. The van der Waals surface area contributed by atoms with Crippen LogP contribution in [0.3, 0.4) is 0 Å². The molecule has 0 unspecified atom stereocenters. The van der Waals surface area contributed by atoms with Gasteiger partial charge >= 0.3 is 0 Å². The van der Waals surface area contributed by atoms with Gasteiger partial charge in [0.25, 0.3) is 0 Å². The third-order valence-corrected chi connectivity index (χ3v) is 5.47. The molecule has 7 heteroatoms. The maximum Gasteiger partial charge on any atom is 0.123 e. The molecule has 0 N–H and O–H groups in total. The molecule has 0 amide bonds. The molecule has 0 saturated carbocycles. The molecule has 0 spiro atoms. The maximum absolute atomic E-state index is 13.5. The Bertz CT molecular complexity index is 920. The zero-order chi connectivity index (χ0) is 19.3. The van der Waals surface area contributed by atoms with Gasteiger partial charge in [-0.15, -0.1) is 5.10 Å². The molecule has 4 rings (SSSR count). The SMILES string of the molecule is Fc1cccc(-c2cnnn2CCCN2CCN(c3ccccc3Cl)CC2)c1. The summed E-state index contributed by atoms with van der Waals surface area (Å²) in [6.45, 7) is 5.73. The maximum atomic E-state index is 13.5. The van der Waals surface area contributed by atoms with Gasteiger partial charge in [-0.1, -0.05) is 41.1 Å². The number of aryl methyl sites for hydroxylation is 1. The summed E-state index contributed by atoms with van der Waals surface area (Å²) >= 11 is 6.32. The van der Waals surface area contributed by atoms with Gasteiger partial charge in [-0.2, -0.15) is 0 Å². The fourth-order valence-corrected chi connectivity index (χ4v) is 3.91. The van der Waals surface area contributed by atoms with Gasteiger partial charge in [-0.05, 0) is 30.7 Å². The van der Waals surface area contributed by atoms with Crippen LogP contribution in [-0.4, -0.2) is 52.6 Å². The lowest BCUT2D eigenvalue weighted by molar-refractivity contribution is 0.249. The summed E-state index contributed by atoms with van der Waals surface area (Å²) in [6, 6.07) is 14.6. The van der Waals surface area contributed by atoms with Crippen LogP contribution in [0.4, 0.5) is 10.1 Å². The zero-order valence-electron chi connectivity index (χ0n) is 15.6. The Hall–Kier alpha value is -2.44. The number of nitrogens with zero attached hydrogens (tertiary/aromatic N) is 5. The minimum absolute atomic E-state index is 0.248. The van der Waals surface area contributed by atoms with Crippen molar-refractivity contribution in [2.75, 3.05) is 37.6 Å². The third kappa shape index (κ3) is 4.34. The molecule has 5 nitrogen and oxygen atoms in total. The second kappa shape index (κ2) is 8.71. The first-order valence-corrected chi connectivity index (χ1v) is 9.95. The Labute approximate surface area is 169 Å². The van der Waals surface area contributed by atoms with Crippen molar-refractivity contribution >= 4 is 17.3 Å². The molecule has 146 valence electrons. The number of anilines is 1. The van der Waals surface area contributed by atoms with Crippen molar-refractivity contribution in [3.05, 3.63) is 65.6 Å². The van der Waals surface area contributed by atoms with Crippen molar-refractivity contribution in [2.45, 2.75) is 13.0 Å². The van der Waals surface area contributed by atoms with Crippen molar-refractivity contribution in [1.82, 2.24) is 19.9 Å². The molecule has 1 aliphatic rings. The lowest BCUT2D eigenvalue weighted by Crippen LogP contribution is -2.46. The normalized spacial score (nSPS) is 15.1. The van der Waals surface area contributed by atoms with Crippen LogP contribution in [0.2, 0.25) is 5.02 Å². The first kappa shape index (κ1) is 18.9. The van der Waals surface area contributed by atoms with Gasteiger partial charge in [0.2, 0.25) is 0 Å². The molecule has 0 bridgehead atoms. The van der Waals surface area contributed by atoms with Crippen molar-refractivity contribution in [1.29, 1.82) is 0 Å². The highest BCUT2D eigenvalue weighted by Crippen LogP contribution is 2.26. The van der Waals surface area contributed by atoms with E-state index < -0.39 is 0 Å². The molecular weight excluding hydrogens is 377 g/mol. The van der Waals surface area contributed by atoms with Gasteiger partial charge in [0.15, 0.2) is 0 Å². The molecule has 0 atom stereocenters. The summed E-state index contributed by atoms with van der Waals surface area (Å²) in [5.41, 5.74) is 2.77. The second-order valence-corrected chi connectivity index (χ2v) is 7.39. The van der Waals surface area contributed by atoms with Gasteiger partial charge in [0, 0.05) is 44.8 Å². The van der Waals surface area contributed by atoms with E-state index in [1.54, 1.807) is 12.3 Å². The van der Waals surface area contributed by atoms with Crippen molar-refractivity contribution in [3.63, 3.8) is 0 Å². The molecule has 1 saturated heterocycles. The van der Waals surface area contributed by atoms with Crippen LogP contribution in [0.5, 0.6) is 0 Å². The summed E-state index contributed by atoms with van der Waals surface area (Å²) in [4.78, 5) is 4.81. The van der Waals surface area contributed by atoms with Crippen molar-refractivity contribution in [3.8, 4) is 11.3 Å². The van der Waals surface area contributed by atoms with Crippen LogP contribution < -0.4 is 4.90 Å². The van der Waals surface area contributed by atoms with E-state index in [1.165, 1.54) is 12.1 Å². The predicted molar refractivity (Wildman–Crippen MR) is 110 cm³/mol. The quantitative estimate of drug-likeness (QED) is 0.629. The molecule has 1 aliphatic heterocycles. The summed E-state index contributed by atoms with van der Waals surface area (Å²) in [5, 5.41) is 8.98. The molecule has 1 fully saturated rings. The van der Waals surface area contributed by atoms with Crippen LogP contribution >= 0.6 is 11.6 Å². The Balaban J connectivity index is 1.28. The zero-order valence-corrected chi connectivity index (χ0v) is 16.4. The van der Waals surface area contributed by atoms with E-state index in [1.807, 2.05) is 28.9 Å². The van der Waals surface area contributed by atoms with Gasteiger partial charge in [0.05, 0.1) is 22.6 Å². The number of rotatable bonds is 6. The molecular formula is C21H23ClFN5. The average molecular weight is 400 g/mol. The number of piperazine rings is 1. The first-order valence-electron chi connectivity index (χ1n) is 9.57. The first-order chi connectivity index (χ1) is 13.7. The molecule has 1 aromatic heterocycles. The van der Waals surface area contributed by atoms with Crippen molar-refractivity contribution in [2.24, 2.45) is 0 Å². The van der Waals surface area contributed by atoms with Crippen LogP contribution in [0.15, 0.2) is 54.7 Å². The van der Waals surface area contributed by atoms with Gasteiger partial charge in [-0.3, -0.25) is 4.90 Å². The third-order valence-electron chi connectivity index (χ3n) is 5.15. The van der Waals surface area contributed by atoms with Gasteiger partial charge in [-0.25, -0.2) is 9.07 Å². The summed E-state index contributed by atoms with van der Waals surface area (Å²) in [5.74, 6) is -0.248. The summed E-state index contributed by atoms with van der Waals surface area (Å²) in [7, 11) is 0. The average Bonchev–Trinajstić information content (AvgIpc) is 3.18. The predicted octanol–water partition coefficient (Wildman–Crippen LogP) is 3.95. The van der Waals surface area contributed by atoms with Crippen molar-refractivity contribution < 1.29 is 4.39 Å². The molecule has 28 heavy (non-hydrogen) atoms. The van der Waals surface area contributed by atoms with Crippen LogP contribution in [0.1, 0.15) is 6.42 Å². The molecule has 2 heterocycles. The summed E-state index contributed by atoms with van der Waals surface area (Å²) < 4.78 is 15.4. The number of halogens is 2. The lowest BCUT2D eigenvalue weighted by atomic mass is 10.1. The Morgan fingerprint density at radius 2 is 1.79 bits per heavy atom. The van der Waals surface area contributed by atoms with Crippen LogP contribution in [0, 0.1) is 5.82 Å². The number of para-hydroxylation sites is 1. The molecule has 0 aliphatic carbocycles. The minimum atomic E-state index is -0.248. The largest absolute Gasteiger partial charge is 0.368 e. The van der Waals surface area contributed by atoms with Crippen LogP contribution in [-0.2, 0) is 6.54 Å². The van der Waals surface area contributed by atoms with E-state index in [2.05, 4.69) is 26.2 Å². The Morgan fingerprint density at radius 3 is 2.57 bits per heavy atom. The monoisotopic (exact) mass is 399 g/mol. The minimum Gasteiger partial charge on any atom is -0.368 e. The molecule has 3 aromatic rings. The highest BCUT2D eigenvalue weighted by atomic mass is 35.5. The van der Waals surface area contributed by atoms with E-state index in [4.69, 9.17) is 11.6 Å². The smallest absolute Gasteiger partial charge is 0.123 e. The number of hydrogen-bond donors (Lipinski definition) is 0. The topological polar surface area (TPSA) is 37.2 Å². The molecule has 0 radical (unpaired) electrons. The Morgan fingerprint density at radius 1 is 0.964 bits per heavy atom. The van der Waals surface area contributed by atoms with E-state index >= 15 is 0 Å². The Kier molecular flexibility index (Phi) is 5.88. The van der Waals surface area contributed by atoms with E-state index in [0.29, 0.717) is 0 Å². The highest BCUT2D eigenvalue weighted by molar-refractivity contribution is 6.33. The number of benzene rings is 2. The summed E-state index contributed by atoms with van der Waals surface area (Å²) in [6.07, 6.45) is 2.66. The second-order valence-electron chi connectivity index (χ2n) is 6.99. The van der Waals surface area contributed by atoms with E-state index in [9.17, 15) is 4.39 Å². The van der Waals surface area contributed by atoms with Crippen LogP contribution in [0.25, 0.3) is 11.3 Å². The number of hydrogen-bond acceptors (Lipinski definition) is 4.